The number of methoxy groups -OCH3 is 3. The van der Waals surface area contributed by atoms with Gasteiger partial charge in [-0.2, -0.15) is 0 Å². The van der Waals surface area contributed by atoms with Crippen molar-refractivity contribution in [2.24, 2.45) is 4.99 Å². The Kier molecular flexibility index (Phi) is 12.0. The predicted molar refractivity (Wildman–Crippen MR) is 113 cm³/mol. The lowest BCUT2D eigenvalue weighted by atomic mass is 10.1. The van der Waals surface area contributed by atoms with E-state index in [1.165, 1.54) is 0 Å². The summed E-state index contributed by atoms with van der Waals surface area (Å²) in [5.74, 6) is 2.22. The van der Waals surface area contributed by atoms with Crippen molar-refractivity contribution in [3.05, 3.63) is 23.8 Å². The Balaban J connectivity index is 2.55. The summed E-state index contributed by atoms with van der Waals surface area (Å²) >= 11 is 0. The Morgan fingerprint density at radius 1 is 1.04 bits per heavy atom. The first-order valence-electron chi connectivity index (χ1n) is 9.46. The van der Waals surface area contributed by atoms with Crippen molar-refractivity contribution < 1.29 is 18.9 Å². The molecule has 0 radical (unpaired) electrons. The van der Waals surface area contributed by atoms with Gasteiger partial charge in [0.2, 0.25) is 0 Å². The number of benzene rings is 1. The predicted octanol–water partition coefficient (Wildman–Crippen LogP) is 1.52. The molecule has 1 atom stereocenters. The van der Waals surface area contributed by atoms with Crippen LogP contribution in [0.15, 0.2) is 23.2 Å². The molecule has 0 aliphatic carbocycles. The fraction of sp³-hybridized carbons (Fsp3) is 0.650. The minimum Gasteiger partial charge on any atom is -0.493 e. The first-order valence-corrected chi connectivity index (χ1v) is 9.46. The molecule has 1 rings (SSSR count). The number of likely N-dealkylation sites (N-methyl/N-ethyl adjacent to an activating group) is 1. The molecule has 1 aromatic carbocycles. The van der Waals surface area contributed by atoms with Gasteiger partial charge in [0.05, 0.1) is 33.5 Å². The molecule has 0 aliphatic rings. The van der Waals surface area contributed by atoms with E-state index in [9.17, 15) is 0 Å². The molecule has 2 N–H and O–H groups in total. The molecule has 0 saturated carbocycles. The molecular weight excluding hydrogens is 360 g/mol. The molecule has 0 heterocycles. The second kappa shape index (κ2) is 14.0. The molecular formula is C20H36N4O4. The van der Waals surface area contributed by atoms with Crippen LogP contribution in [0.1, 0.15) is 18.0 Å². The molecule has 0 fully saturated rings. The number of guanidine groups is 1. The molecule has 160 valence electrons. The normalized spacial score (nSPS) is 12.8. The zero-order valence-corrected chi connectivity index (χ0v) is 18.1. The second-order valence-corrected chi connectivity index (χ2v) is 6.43. The van der Waals surface area contributed by atoms with Crippen LogP contribution in [0.4, 0.5) is 0 Å². The number of aliphatic imine (C=N–C) groups is 1. The van der Waals surface area contributed by atoms with Crippen LogP contribution in [0, 0.1) is 0 Å². The van der Waals surface area contributed by atoms with Crippen molar-refractivity contribution in [1.82, 2.24) is 15.5 Å². The fourth-order valence-corrected chi connectivity index (χ4v) is 2.70. The number of hydrogen-bond acceptors (Lipinski definition) is 6. The van der Waals surface area contributed by atoms with Crippen molar-refractivity contribution in [1.29, 1.82) is 0 Å². The summed E-state index contributed by atoms with van der Waals surface area (Å²) in [6.45, 7) is 3.43. The minimum atomic E-state index is 0.149. The molecule has 0 aliphatic heterocycles. The van der Waals surface area contributed by atoms with Crippen LogP contribution < -0.4 is 20.1 Å². The van der Waals surface area contributed by atoms with Crippen LogP contribution in [0.25, 0.3) is 0 Å². The molecule has 28 heavy (non-hydrogen) atoms. The van der Waals surface area contributed by atoms with Crippen LogP contribution in [-0.2, 0) is 9.47 Å². The highest BCUT2D eigenvalue weighted by molar-refractivity contribution is 5.79. The summed E-state index contributed by atoms with van der Waals surface area (Å²) in [6.07, 6.45) is 0.900. The first kappa shape index (κ1) is 24.0. The highest BCUT2D eigenvalue weighted by Gasteiger charge is 2.17. The molecule has 8 nitrogen and oxygen atoms in total. The lowest BCUT2D eigenvalue weighted by molar-refractivity contribution is 0.0698. The molecule has 0 aromatic heterocycles. The zero-order valence-electron chi connectivity index (χ0n) is 18.1. The molecule has 0 bridgehead atoms. The maximum Gasteiger partial charge on any atom is 0.191 e. The molecule has 1 unspecified atom stereocenters. The van der Waals surface area contributed by atoms with Gasteiger partial charge in [0, 0.05) is 33.9 Å². The zero-order chi connectivity index (χ0) is 20.8. The van der Waals surface area contributed by atoms with Crippen LogP contribution in [0.3, 0.4) is 0 Å². The van der Waals surface area contributed by atoms with Gasteiger partial charge < -0.3 is 34.5 Å². The minimum absolute atomic E-state index is 0.149. The Morgan fingerprint density at radius 2 is 1.79 bits per heavy atom. The highest BCUT2D eigenvalue weighted by atomic mass is 16.5. The summed E-state index contributed by atoms with van der Waals surface area (Å²) in [7, 11) is 10.8. The van der Waals surface area contributed by atoms with E-state index < -0.39 is 0 Å². The third-order valence-electron chi connectivity index (χ3n) is 4.29. The van der Waals surface area contributed by atoms with Gasteiger partial charge >= 0.3 is 0 Å². The Labute approximate surface area is 169 Å². The molecule has 1 aromatic rings. The number of nitrogens with one attached hydrogen (secondary N) is 2. The van der Waals surface area contributed by atoms with Crippen molar-refractivity contribution in [3.8, 4) is 11.5 Å². The summed E-state index contributed by atoms with van der Waals surface area (Å²) in [5, 5.41) is 6.70. The van der Waals surface area contributed by atoms with E-state index in [1.54, 1.807) is 28.4 Å². The van der Waals surface area contributed by atoms with Crippen molar-refractivity contribution in [2.75, 3.05) is 75.4 Å². The van der Waals surface area contributed by atoms with E-state index in [1.807, 2.05) is 12.1 Å². The van der Waals surface area contributed by atoms with Crippen molar-refractivity contribution in [2.45, 2.75) is 12.5 Å². The van der Waals surface area contributed by atoms with Gasteiger partial charge in [-0.1, -0.05) is 6.07 Å². The smallest absolute Gasteiger partial charge is 0.191 e. The summed E-state index contributed by atoms with van der Waals surface area (Å²) in [6, 6.07) is 6.15. The summed E-state index contributed by atoms with van der Waals surface area (Å²) < 4.78 is 21.2. The van der Waals surface area contributed by atoms with Gasteiger partial charge in [-0.15, -0.1) is 0 Å². The van der Waals surface area contributed by atoms with Crippen LogP contribution >= 0.6 is 0 Å². The third-order valence-corrected chi connectivity index (χ3v) is 4.29. The van der Waals surface area contributed by atoms with Gasteiger partial charge in [-0.25, -0.2) is 0 Å². The number of hydrogen-bond donors (Lipinski definition) is 2. The monoisotopic (exact) mass is 396 g/mol. The lowest BCUT2D eigenvalue weighted by Crippen LogP contribution is -2.42. The third kappa shape index (κ3) is 8.33. The Bertz CT molecular complexity index is 581. The maximum atomic E-state index is 5.46. The van der Waals surface area contributed by atoms with Crippen molar-refractivity contribution in [3.63, 3.8) is 0 Å². The number of rotatable bonds is 13. The van der Waals surface area contributed by atoms with Crippen LogP contribution in [-0.4, -0.2) is 86.2 Å². The quantitative estimate of drug-likeness (QED) is 0.297. The van der Waals surface area contributed by atoms with E-state index in [0.717, 1.165) is 36.0 Å². The van der Waals surface area contributed by atoms with E-state index in [4.69, 9.17) is 18.9 Å². The van der Waals surface area contributed by atoms with E-state index >= 15 is 0 Å². The van der Waals surface area contributed by atoms with Crippen LogP contribution in [0.5, 0.6) is 11.5 Å². The molecule has 0 amide bonds. The standard InChI is InChI=1S/C20H36N4O4/c1-21-20(22-10-7-11-28-13-12-25-4)23-15-17(24(2)3)16-8-9-18(26-5)19(14-16)27-6/h8-9,14,17H,7,10-13,15H2,1-6H3,(H2,21,22,23). The summed E-state index contributed by atoms with van der Waals surface area (Å²) in [4.78, 5) is 6.45. The molecule has 0 saturated heterocycles. The average Bonchev–Trinajstić information content (AvgIpc) is 2.71. The van der Waals surface area contributed by atoms with Gasteiger partial charge in [0.25, 0.3) is 0 Å². The van der Waals surface area contributed by atoms with Gasteiger partial charge in [-0.3, -0.25) is 4.99 Å². The largest absolute Gasteiger partial charge is 0.493 e. The Morgan fingerprint density at radius 3 is 2.39 bits per heavy atom. The summed E-state index contributed by atoms with van der Waals surface area (Å²) in [5.41, 5.74) is 1.14. The van der Waals surface area contributed by atoms with E-state index in [0.29, 0.717) is 26.4 Å². The highest BCUT2D eigenvalue weighted by Crippen LogP contribution is 2.31. The van der Waals surface area contributed by atoms with Gasteiger partial charge in [0.15, 0.2) is 17.5 Å². The van der Waals surface area contributed by atoms with E-state index in [-0.39, 0.29) is 6.04 Å². The SMILES string of the molecule is CN=C(NCCCOCCOC)NCC(c1ccc(OC)c(OC)c1)N(C)C. The van der Waals surface area contributed by atoms with E-state index in [2.05, 4.69) is 40.7 Å². The number of ether oxygens (including phenoxy) is 4. The second-order valence-electron chi connectivity index (χ2n) is 6.43. The average molecular weight is 397 g/mol. The van der Waals surface area contributed by atoms with Crippen LogP contribution in [0.2, 0.25) is 0 Å². The lowest BCUT2D eigenvalue weighted by Gasteiger charge is -2.26. The number of nitrogens with zero attached hydrogens (tertiary/aromatic N) is 2. The topological polar surface area (TPSA) is 76.6 Å². The fourth-order valence-electron chi connectivity index (χ4n) is 2.70. The Hall–Kier alpha value is -2.03. The molecule has 8 heteroatoms. The maximum absolute atomic E-state index is 5.46. The van der Waals surface area contributed by atoms with Crippen molar-refractivity contribution >= 4 is 5.96 Å². The first-order chi connectivity index (χ1) is 13.6. The van der Waals surface area contributed by atoms with Gasteiger partial charge in [-0.05, 0) is 38.2 Å². The van der Waals surface area contributed by atoms with Gasteiger partial charge in [0.1, 0.15) is 0 Å². The molecule has 0 spiro atoms.